The lowest BCUT2D eigenvalue weighted by Gasteiger charge is -2.38. The summed E-state index contributed by atoms with van der Waals surface area (Å²) in [5, 5.41) is 0. The van der Waals surface area contributed by atoms with Crippen LogP contribution in [0.15, 0.2) is 42.0 Å². The molecule has 0 radical (unpaired) electrons. The fourth-order valence-electron chi connectivity index (χ4n) is 4.52. The molecular weight excluding hydrogens is 368 g/mol. The first kappa shape index (κ1) is 21.6. The Hall–Kier alpha value is -2.14. The van der Waals surface area contributed by atoms with Crippen molar-refractivity contribution < 1.29 is 23.8 Å². The third-order valence-electron chi connectivity index (χ3n) is 5.77. The molecule has 1 aliphatic carbocycles. The Balaban J connectivity index is 1.74. The van der Waals surface area contributed by atoms with Gasteiger partial charge in [-0.3, -0.25) is 9.59 Å². The van der Waals surface area contributed by atoms with Crippen molar-refractivity contribution >= 4 is 11.9 Å². The standard InChI is InChI=1S/C24H32O5/c1-15-13-19-20(16(2)28-22(19)25)21(23(26)29-24(3,4)5)18(15)11-12-27-14-17-9-7-6-8-10-17/h6-10,13,16,18-21H,11-12,14H2,1-5H3/t16-,18-,19-,20-,21+/m1/s1. The second kappa shape index (κ2) is 8.70. The quantitative estimate of drug-likeness (QED) is 0.405. The minimum atomic E-state index is -0.581. The average Bonchev–Trinajstić information content (AvgIpc) is 2.91. The summed E-state index contributed by atoms with van der Waals surface area (Å²) in [5.74, 6) is -1.50. The number of allylic oxidation sites excluding steroid dienone is 1. The van der Waals surface area contributed by atoms with E-state index in [1.165, 1.54) is 0 Å². The van der Waals surface area contributed by atoms with Crippen molar-refractivity contribution in [2.24, 2.45) is 23.7 Å². The van der Waals surface area contributed by atoms with E-state index in [1.807, 2.05) is 71.0 Å². The molecule has 1 aromatic rings. The van der Waals surface area contributed by atoms with Crippen LogP contribution in [0.4, 0.5) is 0 Å². The van der Waals surface area contributed by atoms with Gasteiger partial charge >= 0.3 is 11.9 Å². The number of hydrogen-bond acceptors (Lipinski definition) is 5. The molecule has 158 valence electrons. The van der Waals surface area contributed by atoms with E-state index in [9.17, 15) is 9.59 Å². The summed E-state index contributed by atoms with van der Waals surface area (Å²) in [5.41, 5.74) is 1.58. The SMILES string of the molecule is CC1=C[C@H]2C(=O)O[C@H](C)[C@H]2[C@@H](C(=O)OC(C)(C)C)[C@@H]1CCOCc1ccccc1. The summed E-state index contributed by atoms with van der Waals surface area (Å²) in [6, 6.07) is 10.0. The number of carbonyl (C=O) groups excluding carboxylic acids is 2. The van der Waals surface area contributed by atoms with Crippen LogP contribution in [0.3, 0.4) is 0 Å². The highest BCUT2D eigenvalue weighted by Crippen LogP contribution is 2.47. The molecule has 0 unspecified atom stereocenters. The zero-order valence-electron chi connectivity index (χ0n) is 18.0. The van der Waals surface area contributed by atoms with Crippen LogP contribution in [0.25, 0.3) is 0 Å². The van der Waals surface area contributed by atoms with Crippen molar-refractivity contribution in [2.45, 2.75) is 59.4 Å². The molecule has 1 fully saturated rings. The van der Waals surface area contributed by atoms with Crippen LogP contribution in [-0.4, -0.2) is 30.3 Å². The Kier molecular flexibility index (Phi) is 6.47. The van der Waals surface area contributed by atoms with Crippen molar-refractivity contribution in [3.8, 4) is 0 Å². The molecule has 1 saturated heterocycles. The van der Waals surface area contributed by atoms with E-state index >= 15 is 0 Å². The predicted octanol–water partition coefficient (Wildman–Crippen LogP) is 4.31. The molecule has 3 rings (SSSR count). The predicted molar refractivity (Wildman–Crippen MR) is 110 cm³/mol. The number of esters is 2. The third-order valence-corrected chi connectivity index (χ3v) is 5.77. The van der Waals surface area contributed by atoms with Gasteiger partial charge in [-0.15, -0.1) is 0 Å². The molecule has 0 saturated carbocycles. The van der Waals surface area contributed by atoms with Crippen molar-refractivity contribution in [3.63, 3.8) is 0 Å². The van der Waals surface area contributed by atoms with Crippen LogP contribution in [-0.2, 0) is 30.4 Å². The molecule has 29 heavy (non-hydrogen) atoms. The smallest absolute Gasteiger partial charge is 0.313 e. The average molecular weight is 401 g/mol. The highest BCUT2D eigenvalue weighted by molar-refractivity contribution is 5.82. The van der Waals surface area contributed by atoms with Crippen LogP contribution < -0.4 is 0 Å². The number of carbonyl (C=O) groups is 2. The van der Waals surface area contributed by atoms with Gasteiger partial charge in [-0.05, 0) is 52.5 Å². The third kappa shape index (κ3) is 5.08. The number of benzene rings is 1. The fourth-order valence-corrected chi connectivity index (χ4v) is 4.52. The molecule has 0 bridgehead atoms. The molecule has 5 heteroatoms. The molecule has 1 aromatic carbocycles. The van der Waals surface area contributed by atoms with E-state index in [0.717, 1.165) is 11.1 Å². The van der Waals surface area contributed by atoms with Gasteiger partial charge in [0.15, 0.2) is 0 Å². The molecule has 1 aliphatic heterocycles. The number of cyclic esters (lactones) is 1. The molecule has 1 heterocycles. The number of ether oxygens (including phenoxy) is 3. The second-order valence-electron chi connectivity index (χ2n) is 9.15. The van der Waals surface area contributed by atoms with Gasteiger partial charge in [0.2, 0.25) is 0 Å². The van der Waals surface area contributed by atoms with Gasteiger partial charge < -0.3 is 14.2 Å². The van der Waals surface area contributed by atoms with Crippen molar-refractivity contribution in [1.29, 1.82) is 0 Å². The van der Waals surface area contributed by atoms with Gasteiger partial charge in [-0.25, -0.2) is 0 Å². The summed E-state index contributed by atoms with van der Waals surface area (Å²) in [6.07, 6.45) is 2.38. The Labute approximate surface area is 173 Å². The van der Waals surface area contributed by atoms with Gasteiger partial charge in [0.1, 0.15) is 11.7 Å². The Morgan fingerprint density at radius 3 is 2.52 bits per heavy atom. The van der Waals surface area contributed by atoms with Crippen LogP contribution in [0.1, 0.15) is 46.6 Å². The van der Waals surface area contributed by atoms with Crippen LogP contribution >= 0.6 is 0 Å². The maximum absolute atomic E-state index is 13.2. The number of hydrogen-bond donors (Lipinski definition) is 0. The van der Waals surface area contributed by atoms with Gasteiger partial charge in [0.05, 0.1) is 18.4 Å². The van der Waals surface area contributed by atoms with Gasteiger partial charge in [-0.1, -0.05) is 42.0 Å². The monoisotopic (exact) mass is 400 g/mol. The first-order valence-electron chi connectivity index (χ1n) is 10.4. The van der Waals surface area contributed by atoms with E-state index in [2.05, 4.69) is 0 Å². The topological polar surface area (TPSA) is 61.8 Å². The summed E-state index contributed by atoms with van der Waals surface area (Å²) < 4.78 is 17.1. The molecule has 5 atom stereocenters. The van der Waals surface area contributed by atoms with Crippen LogP contribution in [0, 0.1) is 23.7 Å². The Morgan fingerprint density at radius 1 is 1.17 bits per heavy atom. The molecule has 0 amide bonds. The summed E-state index contributed by atoms with van der Waals surface area (Å²) in [7, 11) is 0. The fraction of sp³-hybridized carbons (Fsp3) is 0.583. The number of fused-ring (bicyclic) bond motifs is 1. The summed E-state index contributed by atoms with van der Waals surface area (Å²) >= 11 is 0. The lowest BCUT2D eigenvalue weighted by atomic mass is 9.65. The lowest BCUT2D eigenvalue weighted by molar-refractivity contribution is -0.166. The maximum atomic E-state index is 13.2. The molecular formula is C24H32O5. The van der Waals surface area contributed by atoms with Gasteiger partial charge in [-0.2, -0.15) is 0 Å². The maximum Gasteiger partial charge on any atom is 0.313 e. The zero-order chi connectivity index (χ0) is 21.2. The van der Waals surface area contributed by atoms with Crippen molar-refractivity contribution in [1.82, 2.24) is 0 Å². The van der Waals surface area contributed by atoms with Crippen LogP contribution in [0.5, 0.6) is 0 Å². The first-order valence-corrected chi connectivity index (χ1v) is 10.4. The molecule has 0 spiro atoms. The number of rotatable bonds is 6. The first-order chi connectivity index (χ1) is 13.7. The summed E-state index contributed by atoms with van der Waals surface area (Å²) in [4.78, 5) is 25.5. The van der Waals surface area contributed by atoms with Crippen molar-refractivity contribution in [2.75, 3.05) is 6.61 Å². The molecule has 0 N–H and O–H groups in total. The highest BCUT2D eigenvalue weighted by atomic mass is 16.6. The second-order valence-corrected chi connectivity index (χ2v) is 9.15. The summed E-state index contributed by atoms with van der Waals surface area (Å²) in [6.45, 7) is 10.5. The molecule has 0 aromatic heterocycles. The molecule has 2 aliphatic rings. The Bertz CT molecular complexity index is 761. The molecule has 5 nitrogen and oxygen atoms in total. The minimum Gasteiger partial charge on any atom is -0.462 e. The highest BCUT2D eigenvalue weighted by Gasteiger charge is 2.54. The van der Waals surface area contributed by atoms with E-state index in [1.54, 1.807) is 0 Å². The minimum absolute atomic E-state index is 0.0289. The van der Waals surface area contributed by atoms with E-state index in [-0.39, 0.29) is 35.8 Å². The van der Waals surface area contributed by atoms with Crippen LogP contribution in [0.2, 0.25) is 0 Å². The Morgan fingerprint density at radius 2 is 1.86 bits per heavy atom. The zero-order valence-corrected chi connectivity index (χ0v) is 18.0. The lowest BCUT2D eigenvalue weighted by Crippen LogP contribution is -2.44. The largest absolute Gasteiger partial charge is 0.462 e. The normalized spacial score (nSPS) is 29.1. The van der Waals surface area contributed by atoms with Gasteiger partial charge in [0, 0.05) is 12.5 Å². The van der Waals surface area contributed by atoms with E-state index in [0.29, 0.717) is 19.6 Å². The van der Waals surface area contributed by atoms with E-state index in [4.69, 9.17) is 14.2 Å². The van der Waals surface area contributed by atoms with Crippen molar-refractivity contribution in [3.05, 3.63) is 47.5 Å². The van der Waals surface area contributed by atoms with Gasteiger partial charge in [0.25, 0.3) is 0 Å². The van der Waals surface area contributed by atoms with E-state index < -0.39 is 11.5 Å².